The zero-order valence-corrected chi connectivity index (χ0v) is 9.06. The van der Waals surface area contributed by atoms with E-state index in [2.05, 4.69) is 15.3 Å². The smallest absolute Gasteiger partial charge is 0.303 e. The Morgan fingerprint density at radius 3 is 3.00 bits per heavy atom. The Hall–Kier alpha value is -1.85. The molecule has 6 heteroatoms. The number of carboxylic acids is 1. The van der Waals surface area contributed by atoms with E-state index in [0.29, 0.717) is 19.3 Å². The number of carbonyl (C=O) groups is 2. The standard InChI is InChI=1S/C10H15N3O3/c1-7-11-5-9(13-7)4-8(12-6-14)2-3-10(15)16/h5-6,8H,2-4H2,1H3,(H,11,13)(H,12,14)(H,15,16). The summed E-state index contributed by atoms with van der Waals surface area (Å²) in [6.45, 7) is 1.84. The van der Waals surface area contributed by atoms with Crippen molar-refractivity contribution >= 4 is 12.4 Å². The first kappa shape index (κ1) is 12.2. The number of aromatic nitrogens is 2. The fraction of sp³-hybridized carbons (Fsp3) is 0.500. The summed E-state index contributed by atoms with van der Waals surface area (Å²) in [5.74, 6) is -0.0587. The second kappa shape index (κ2) is 5.89. The maximum absolute atomic E-state index is 10.4. The van der Waals surface area contributed by atoms with Crippen LogP contribution in [0.2, 0.25) is 0 Å². The molecule has 1 aromatic heterocycles. The van der Waals surface area contributed by atoms with Crippen LogP contribution in [0.5, 0.6) is 0 Å². The molecule has 1 atom stereocenters. The molecule has 1 aromatic rings. The van der Waals surface area contributed by atoms with Gasteiger partial charge in [-0.25, -0.2) is 4.98 Å². The molecule has 1 amide bonds. The Morgan fingerprint density at radius 1 is 1.75 bits per heavy atom. The van der Waals surface area contributed by atoms with Gasteiger partial charge in [0, 0.05) is 30.8 Å². The zero-order valence-electron chi connectivity index (χ0n) is 9.06. The van der Waals surface area contributed by atoms with Crippen molar-refractivity contribution < 1.29 is 14.7 Å². The monoisotopic (exact) mass is 225 g/mol. The number of hydrogen-bond acceptors (Lipinski definition) is 3. The molecule has 1 unspecified atom stereocenters. The second-order valence-corrected chi connectivity index (χ2v) is 3.61. The molecule has 1 rings (SSSR count). The molecule has 0 saturated carbocycles. The lowest BCUT2D eigenvalue weighted by Crippen LogP contribution is -2.30. The lowest BCUT2D eigenvalue weighted by molar-refractivity contribution is -0.137. The fourth-order valence-electron chi connectivity index (χ4n) is 1.48. The van der Waals surface area contributed by atoms with Crippen LogP contribution in [0, 0.1) is 6.92 Å². The quantitative estimate of drug-likeness (QED) is 0.579. The Morgan fingerprint density at radius 2 is 2.50 bits per heavy atom. The van der Waals surface area contributed by atoms with Crippen LogP contribution in [0.15, 0.2) is 6.20 Å². The van der Waals surface area contributed by atoms with Crippen molar-refractivity contribution in [3.05, 3.63) is 17.7 Å². The maximum atomic E-state index is 10.4. The predicted octanol–water partition coefficient (Wildman–Crippen LogP) is 0.240. The van der Waals surface area contributed by atoms with Gasteiger partial charge in [0.25, 0.3) is 0 Å². The molecule has 0 saturated heterocycles. The Balaban J connectivity index is 2.49. The van der Waals surface area contributed by atoms with E-state index in [1.807, 2.05) is 6.92 Å². The highest BCUT2D eigenvalue weighted by Gasteiger charge is 2.11. The fourth-order valence-corrected chi connectivity index (χ4v) is 1.48. The number of H-pyrrole nitrogens is 1. The van der Waals surface area contributed by atoms with E-state index in [4.69, 9.17) is 5.11 Å². The van der Waals surface area contributed by atoms with Crippen LogP contribution >= 0.6 is 0 Å². The largest absolute Gasteiger partial charge is 0.481 e. The van der Waals surface area contributed by atoms with Gasteiger partial charge >= 0.3 is 5.97 Å². The highest BCUT2D eigenvalue weighted by molar-refractivity contribution is 5.66. The second-order valence-electron chi connectivity index (χ2n) is 3.61. The molecule has 16 heavy (non-hydrogen) atoms. The highest BCUT2D eigenvalue weighted by atomic mass is 16.4. The molecular formula is C10H15N3O3. The average Bonchev–Trinajstić information content (AvgIpc) is 2.61. The zero-order chi connectivity index (χ0) is 12.0. The number of rotatable bonds is 7. The van der Waals surface area contributed by atoms with E-state index in [-0.39, 0.29) is 12.5 Å². The van der Waals surface area contributed by atoms with Crippen molar-refractivity contribution in [3.8, 4) is 0 Å². The van der Waals surface area contributed by atoms with Gasteiger partial charge in [-0.15, -0.1) is 0 Å². The number of amides is 1. The van der Waals surface area contributed by atoms with Crippen molar-refractivity contribution in [2.45, 2.75) is 32.2 Å². The minimum atomic E-state index is -0.863. The lowest BCUT2D eigenvalue weighted by atomic mass is 10.1. The molecule has 0 aliphatic carbocycles. The van der Waals surface area contributed by atoms with Crippen LogP contribution in [0.4, 0.5) is 0 Å². The van der Waals surface area contributed by atoms with Crippen molar-refractivity contribution in [2.75, 3.05) is 0 Å². The number of aryl methyl sites for hydroxylation is 1. The van der Waals surface area contributed by atoms with Gasteiger partial charge in [0.15, 0.2) is 0 Å². The van der Waals surface area contributed by atoms with Gasteiger partial charge in [0.05, 0.1) is 0 Å². The first-order valence-electron chi connectivity index (χ1n) is 5.03. The summed E-state index contributed by atoms with van der Waals surface area (Å²) in [5, 5.41) is 11.2. The molecule has 0 bridgehead atoms. The van der Waals surface area contributed by atoms with Crippen LogP contribution in [-0.4, -0.2) is 33.5 Å². The summed E-state index contributed by atoms with van der Waals surface area (Å²) in [6, 6.07) is -0.173. The molecule has 88 valence electrons. The highest BCUT2D eigenvalue weighted by Crippen LogP contribution is 2.05. The number of aliphatic carboxylic acids is 1. The van der Waals surface area contributed by atoms with Gasteiger partial charge in [-0.05, 0) is 13.3 Å². The van der Waals surface area contributed by atoms with Gasteiger partial charge < -0.3 is 15.4 Å². The predicted molar refractivity (Wildman–Crippen MR) is 56.9 cm³/mol. The molecule has 0 radical (unpaired) electrons. The van der Waals surface area contributed by atoms with Crippen LogP contribution < -0.4 is 5.32 Å². The lowest BCUT2D eigenvalue weighted by Gasteiger charge is -2.13. The van der Waals surface area contributed by atoms with Gasteiger partial charge in [-0.1, -0.05) is 0 Å². The number of nitrogens with one attached hydrogen (secondary N) is 2. The third kappa shape index (κ3) is 4.12. The molecule has 3 N–H and O–H groups in total. The van der Waals surface area contributed by atoms with Gasteiger partial charge in [0.2, 0.25) is 6.41 Å². The van der Waals surface area contributed by atoms with E-state index < -0.39 is 5.97 Å². The molecular weight excluding hydrogens is 210 g/mol. The van der Waals surface area contributed by atoms with Gasteiger partial charge in [-0.2, -0.15) is 0 Å². The third-order valence-electron chi connectivity index (χ3n) is 2.23. The minimum Gasteiger partial charge on any atom is -0.481 e. The van der Waals surface area contributed by atoms with E-state index in [1.165, 1.54) is 0 Å². The normalized spacial score (nSPS) is 12.1. The summed E-state index contributed by atoms with van der Waals surface area (Å²) >= 11 is 0. The summed E-state index contributed by atoms with van der Waals surface area (Å²) in [6.07, 6.45) is 3.29. The Bertz CT molecular complexity index is 362. The number of carbonyl (C=O) groups excluding carboxylic acids is 1. The number of carboxylic acid groups (broad SMARTS) is 1. The number of hydrogen-bond donors (Lipinski definition) is 3. The van der Waals surface area contributed by atoms with Crippen molar-refractivity contribution in [3.63, 3.8) is 0 Å². The van der Waals surface area contributed by atoms with Crippen LogP contribution in [0.1, 0.15) is 24.4 Å². The Labute approximate surface area is 93.1 Å². The number of nitrogens with zero attached hydrogens (tertiary/aromatic N) is 1. The molecule has 6 nitrogen and oxygen atoms in total. The van der Waals surface area contributed by atoms with E-state index in [1.54, 1.807) is 6.20 Å². The Kier molecular flexibility index (Phi) is 4.50. The summed E-state index contributed by atoms with van der Waals surface area (Å²) in [4.78, 5) is 27.9. The minimum absolute atomic E-state index is 0.0403. The van der Waals surface area contributed by atoms with Gasteiger partial charge in [0.1, 0.15) is 5.82 Å². The number of aromatic amines is 1. The van der Waals surface area contributed by atoms with Crippen LogP contribution in [0.25, 0.3) is 0 Å². The number of imidazole rings is 1. The first-order chi connectivity index (χ1) is 7.61. The third-order valence-corrected chi connectivity index (χ3v) is 2.23. The van der Waals surface area contributed by atoms with E-state index >= 15 is 0 Å². The topological polar surface area (TPSA) is 95.1 Å². The van der Waals surface area contributed by atoms with Crippen molar-refractivity contribution in [2.24, 2.45) is 0 Å². The maximum Gasteiger partial charge on any atom is 0.303 e. The van der Waals surface area contributed by atoms with Crippen molar-refractivity contribution in [1.82, 2.24) is 15.3 Å². The summed E-state index contributed by atoms with van der Waals surface area (Å²) in [7, 11) is 0. The van der Waals surface area contributed by atoms with Gasteiger partial charge in [-0.3, -0.25) is 9.59 Å². The van der Waals surface area contributed by atoms with Crippen LogP contribution in [-0.2, 0) is 16.0 Å². The first-order valence-corrected chi connectivity index (χ1v) is 5.03. The molecule has 0 aromatic carbocycles. The van der Waals surface area contributed by atoms with E-state index in [9.17, 15) is 9.59 Å². The SMILES string of the molecule is Cc1ncc(CC(CCC(=O)O)NC=O)[nH]1. The van der Waals surface area contributed by atoms with Crippen LogP contribution in [0.3, 0.4) is 0 Å². The summed E-state index contributed by atoms with van der Waals surface area (Å²) in [5.41, 5.74) is 0.891. The van der Waals surface area contributed by atoms with Crippen molar-refractivity contribution in [1.29, 1.82) is 0 Å². The summed E-state index contributed by atoms with van der Waals surface area (Å²) < 4.78 is 0. The molecule has 0 fully saturated rings. The molecule has 1 heterocycles. The molecule has 0 aliphatic rings. The molecule has 0 spiro atoms. The van der Waals surface area contributed by atoms with E-state index in [0.717, 1.165) is 11.5 Å². The molecule has 0 aliphatic heterocycles. The average molecular weight is 225 g/mol.